The van der Waals surface area contributed by atoms with Crippen LogP contribution in [0.1, 0.15) is 15.9 Å². The third-order valence-corrected chi connectivity index (χ3v) is 4.15. The minimum atomic E-state index is 0.113. The SMILES string of the molecule is Cc1cc[n+](CC(=O)c2ccc(Br)cc2)c2ccccc12. The highest BCUT2D eigenvalue weighted by molar-refractivity contribution is 9.10. The van der Waals surface area contributed by atoms with Crippen LogP contribution in [0.3, 0.4) is 0 Å². The molecule has 1 aromatic heterocycles. The number of rotatable bonds is 3. The Morgan fingerprint density at radius 3 is 2.52 bits per heavy atom. The molecule has 1 heterocycles. The lowest BCUT2D eigenvalue weighted by Crippen LogP contribution is -2.38. The van der Waals surface area contributed by atoms with Crippen LogP contribution in [0, 0.1) is 6.92 Å². The molecule has 0 aliphatic rings. The smallest absolute Gasteiger partial charge is 0.227 e. The van der Waals surface area contributed by atoms with Gasteiger partial charge in [0.2, 0.25) is 17.8 Å². The summed E-state index contributed by atoms with van der Waals surface area (Å²) in [6.07, 6.45) is 1.98. The van der Waals surface area contributed by atoms with Crippen molar-refractivity contribution in [2.45, 2.75) is 13.5 Å². The van der Waals surface area contributed by atoms with Crippen LogP contribution < -0.4 is 4.57 Å². The molecule has 3 heteroatoms. The van der Waals surface area contributed by atoms with Crippen LogP contribution in [0.4, 0.5) is 0 Å². The zero-order chi connectivity index (χ0) is 14.8. The van der Waals surface area contributed by atoms with E-state index in [1.807, 2.05) is 47.2 Å². The number of pyridine rings is 1. The van der Waals surface area contributed by atoms with E-state index in [1.54, 1.807) is 0 Å². The van der Waals surface area contributed by atoms with E-state index in [0.717, 1.165) is 15.6 Å². The molecule has 0 spiro atoms. The van der Waals surface area contributed by atoms with Gasteiger partial charge in [-0.05, 0) is 30.7 Å². The summed E-state index contributed by atoms with van der Waals surface area (Å²) in [5.74, 6) is 0.113. The van der Waals surface area contributed by atoms with Crippen LogP contribution in [0.2, 0.25) is 0 Å². The van der Waals surface area contributed by atoms with Crippen molar-refractivity contribution >= 4 is 32.6 Å². The highest BCUT2D eigenvalue weighted by Gasteiger charge is 2.16. The lowest BCUT2D eigenvalue weighted by molar-refractivity contribution is -0.657. The highest BCUT2D eigenvalue weighted by Crippen LogP contribution is 2.15. The standard InChI is InChI=1S/C18H15BrNO/c1-13-10-11-20(17-5-3-2-4-16(13)17)12-18(21)14-6-8-15(19)9-7-14/h2-11H,12H2,1H3/q+1. The number of nitrogens with zero attached hydrogens (tertiary/aromatic N) is 1. The van der Waals surface area contributed by atoms with Gasteiger partial charge in [0.1, 0.15) is 0 Å². The van der Waals surface area contributed by atoms with E-state index in [-0.39, 0.29) is 5.78 Å². The minimum absolute atomic E-state index is 0.113. The predicted molar refractivity (Wildman–Crippen MR) is 87.4 cm³/mol. The molecule has 0 unspecified atom stereocenters. The number of hydrogen-bond acceptors (Lipinski definition) is 1. The number of benzene rings is 2. The molecule has 0 aliphatic carbocycles. The van der Waals surface area contributed by atoms with Gasteiger partial charge >= 0.3 is 0 Å². The number of hydrogen-bond donors (Lipinski definition) is 0. The molecular weight excluding hydrogens is 326 g/mol. The number of fused-ring (bicyclic) bond motifs is 1. The zero-order valence-electron chi connectivity index (χ0n) is 11.7. The Kier molecular flexibility index (Phi) is 3.84. The molecule has 0 radical (unpaired) electrons. The number of carbonyl (C=O) groups excluding carboxylic acids is 1. The summed E-state index contributed by atoms with van der Waals surface area (Å²) in [4.78, 5) is 12.4. The van der Waals surface area contributed by atoms with Gasteiger partial charge in [0.05, 0.1) is 0 Å². The molecule has 21 heavy (non-hydrogen) atoms. The summed E-state index contributed by atoms with van der Waals surface area (Å²) in [5, 5.41) is 1.18. The van der Waals surface area contributed by atoms with E-state index in [9.17, 15) is 4.79 Å². The molecule has 3 aromatic rings. The maximum Gasteiger partial charge on any atom is 0.227 e. The largest absolute Gasteiger partial charge is 0.287 e. The van der Waals surface area contributed by atoms with E-state index < -0.39 is 0 Å². The fraction of sp³-hybridized carbons (Fsp3) is 0.111. The summed E-state index contributed by atoms with van der Waals surface area (Å²) in [5.41, 5.74) is 3.04. The lowest BCUT2D eigenvalue weighted by atomic mass is 10.1. The third kappa shape index (κ3) is 2.88. The van der Waals surface area contributed by atoms with Gasteiger partial charge in [0.15, 0.2) is 6.20 Å². The molecule has 0 N–H and O–H groups in total. The number of Topliss-reactive ketones (excluding diaryl/α,β-unsaturated/α-hetero) is 1. The number of aryl methyl sites for hydroxylation is 1. The molecule has 3 rings (SSSR count). The second-order valence-corrected chi connectivity index (χ2v) is 5.99. The summed E-state index contributed by atoms with van der Waals surface area (Å²) in [6.45, 7) is 2.44. The van der Waals surface area contributed by atoms with E-state index in [2.05, 4.69) is 41.1 Å². The lowest BCUT2D eigenvalue weighted by Gasteiger charge is -2.04. The Morgan fingerprint density at radius 2 is 1.76 bits per heavy atom. The molecule has 0 bridgehead atoms. The zero-order valence-corrected chi connectivity index (χ0v) is 13.3. The maximum absolute atomic E-state index is 12.4. The van der Waals surface area contributed by atoms with Crippen LogP contribution in [-0.2, 0) is 6.54 Å². The van der Waals surface area contributed by atoms with Crippen LogP contribution in [0.25, 0.3) is 10.9 Å². The second kappa shape index (κ2) is 5.78. The van der Waals surface area contributed by atoms with E-state index in [1.165, 1.54) is 10.9 Å². The van der Waals surface area contributed by atoms with Crippen molar-refractivity contribution in [2.75, 3.05) is 0 Å². The first kappa shape index (κ1) is 14.0. The van der Waals surface area contributed by atoms with Crippen LogP contribution >= 0.6 is 15.9 Å². The first-order chi connectivity index (χ1) is 10.1. The van der Waals surface area contributed by atoms with Crippen molar-refractivity contribution < 1.29 is 9.36 Å². The average molecular weight is 341 g/mol. The first-order valence-corrected chi connectivity index (χ1v) is 7.61. The Balaban J connectivity index is 1.97. The number of carbonyl (C=O) groups is 1. The van der Waals surface area contributed by atoms with Gasteiger partial charge < -0.3 is 0 Å². The molecule has 2 aromatic carbocycles. The Labute approximate surface area is 132 Å². The van der Waals surface area contributed by atoms with Crippen LogP contribution in [-0.4, -0.2) is 5.78 Å². The van der Waals surface area contributed by atoms with Gasteiger partial charge in [-0.3, -0.25) is 4.79 Å². The number of halogens is 1. The van der Waals surface area contributed by atoms with Gasteiger partial charge in [0, 0.05) is 27.6 Å². The molecule has 0 saturated heterocycles. The molecule has 2 nitrogen and oxygen atoms in total. The van der Waals surface area contributed by atoms with Crippen molar-refractivity contribution in [3.05, 3.63) is 76.4 Å². The second-order valence-electron chi connectivity index (χ2n) is 5.07. The molecule has 104 valence electrons. The first-order valence-electron chi connectivity index (χ1n) is 6.82. The quantitative estimate of drug-likeness (QED) is 0.519. The summed E-state index contributed by atoms with van der Waals surface area (Å²) < 4.78 is 2.99. The maximum atomic E-state index is 12.4. The fourth-order valence-electron chi connectivity index (χ4n) is 2.45. The Bertz CT molecular complexity index is 809. The van der Waals surface area contributed by atoms with Gasteiger partial charge in [-0.1, -0.05) is 40.2 Å². The Morgan fingerprint density at radius 1 is 1.05 bits per heavy atom. The monoisotopic (exact) mass is 340 g/mol. The van der Waals surface area contributed by atoms with Crippen molar-refractivity contribution in [1.82, 2.24) is 0 Å². The summed E-state index contributed by atoms with van der Waals surface area (Å²) >= 11 is 3.39. The topological polar surface area (TPSA) is 20.9 Å². The van der Waals surface area contributed by atoms with E-state index in [0.29, 0.717) is 6.54 Å². The average Bonchev–Trinajstić information content (AvgIpc) is 2.51. The molecule has 0 fully saturated rings. The van der Waals surface area contributed by atoms with Crippen molar-refractivity contribution in [3.63, 3.8) is 0 Å². The van der Waals surface area contributed by atoms with Gasteiger partial charge in [-0.2, -0.15) is 4.57 Å². The summed E-state index contributed by atoms with van der Waals surface area (Å²) in [6, 6.07) is 17.7. The minimum Gasteiger partial charge on any atom is -0.287 e. The van der Waals surface area contributed by atoms with Crippen molar-refractivity contribution in [1.29, 1.82) is 0 Å². The van der Waals surface area contributed by atoms with Crippen LogP contribution in [0.5, 0.6) is 0 Å². The van der Waals surface area contributed by atoms with Gasteiger partial charge in [-0.25, -0.2) is 0 Å². The number of aromatic nitrogens is 1. The van der Waals surface area contributed by atoms with Crippen molar-refractivity contribution in [3.8, 4) is 0 Å². The Hall–Kier alpha value is -2.00. The molecule has 0 aliphatic heterocycles. The summed E-state index contributed by atoms with van der Waals surface area (Å²) in [7, 11) is 0. The third-order valence-electron chi connectivity index (χ3n) is 3.62. The van der Waals surface area contributed by atoms with Gasteiger partial charge in [-0.15, -0.1) is 0 Å². The van der Waals surface area contributed by atoms with Gasteiger partial charge in [0.25, 0.3) is 0 Å². The number of para-hydroxylation sites is 1. The highest BCUT2D eigenvalue weighted by atomic mass is 79.9. The molecule has 0 atom stereocenters. The molecule has 0 amide bonds. The molecule has 0 saturated carbocycles. The van der Waals surface area contributed by atoms with Crippen molar-refractivity contribution in [2.24, 2.45) is 0 Å². The normalized spacial score (nSPS) is 10.8. The molecular formula is C18H15BrNO+. The number of ketones is 1. The van der Waals surface area contributed by atoms with E-state index in [4.69, 9.17) is 0 Å². The van der Waals surface area contributed by atoms with E-state index >= 15 is 0 Å². The fourth-order valence-corrected chi connectivity index (χ4v) is 2.71. The van der Waals surface area contributed by atoms with Crippen LogP contribution in [0.15, 0.2) is 65.3 Å². The predicted octanol–water partition coefficient (Wildman–Crippen LogP) is 4.08.